The summed E-state index contributed by atoms with van der Waals surface area (Å²) in [7, 11) is 1.82. The third kappa shape index (κ3) is 4.34. The summed E-state index contributed by atoms with van der Waals surface area (Å²) >= 11 is 5.97. The van der Waals surface area contributed by atoms with Crippen molar-refractivity contribution in [1.82, 2.24) is 24.4 Å². The molecule has 1 unspecified atom stereocenters. The first-order chi connectivity index (χ1) is 14.8. The number of aromatic nitrogens is 4. The lowest BCUT2D eigenvalue weighted by molar-refractivity contribution is 0.229. The van der Waals surface area contributed by atoms with E-state index in [0.29, 0.717) is 29.3 Å². The van der Waals surface area contributed by atoms with Crippen molar-refractivity contribution in [2.45, 2.75) is 32.9 Å². The number of likely N-dealkylation sites (N-methyl/N-ethyl adjacent to an activating group) is 1. The molecule has 1 aliphatic heterocycles. The number of nitrogens with zero attached hydrogens (tertiary/aromatic N) is 6. The van der Waals surface area contributed by atoms with Crippen LogP contribution in [0.15, 0.2) is 49.1 Å². The Labute approximate surface area is 186 Å². The number of amides is 2. The van der Waals surface area contributed by atoms with Crippen LogP contribution in [0.25, 0.3) is 5.69 Å². The van der Waals surface area contributed by atoms with Crippen molar-refractivity contribution in [2.24, 2.45) is 5.92 Å². The Morgan fingerprint density at radius 1 is 1.13 bits per heavy atom. The molecule has 9 heteroatoms. The molecule has 31 heavy (non-hydrogen) atoms. The van der Waals surface area contributed by atoms with Gasteiger partial charge in [-0.1, -0.05) is 25.4 Å². The maximum atomic E-state index is 12.7. The van der Waals surface area contributed by atoms with Crippen molar-refractivity contribution in [3.63, 3.8) is 0 Å². The first-order valence-corrected chi connectivity index (χ1v) is 10.6. The summed E-state index contributed by atoms with van der Waals surface area (Å²) in [5.74, 6) is 1.37. The van der Waals surface area contributed by atoms with E-state index in [1.54, 1.807) is 28.4 Å². The predicted molar refractivity (Wildman–Crippen MR) is 122 cm³/mol. The molecule has 1 fully saturated rings. The average molecular weight is 440 g/mol. The lowest BCUT2D eigenvalue weighted by Crippen LogP contribution is -2.38. The molecule has 2 atom stereocenters. The molecule has 1 saturated heterocycles. The summed E-state index contributed by atoms with van der Waals surface area (Å²) in [4.78, 5) is 29.6. The van der Waals surface area contributed by atoms with Crippen molar-refractivity contribution >= 4 is 29.4 Å². The maximum Gasteiger partial charge on any atom is 0.325 e. The third-order valence-corrected chi connectivity index (χ3v) is 5.75. The molecule has 162 valence electrons. The fourth-order valence-electron chi connectivity index (χ4n) is 3.68. The zero-order chi connectivity index (χ0) is 22.1. The number of urea groups is 1. The van der Waals surface area contributed by atoms with Crippen molar-refractivity contribution in [2.75, 3.05) is 23.8 Å². The van der Waals surface area contributed by atoms with E-state index < -0.39 is 0 Å². The van der Waals surface area contributed by atoms with Crippen molar-refractivity contribution in [3.8, 4) is 5.69 Å². The Kier molecular flexibility index (Phi) is 5.82. The zero-order valence-corrected chi connectivity index (χ0v) is 18.8. The number of carbonyl (C=O) groups excluding carboxylic acids is 1. The summed E-state index contributed by atoms with van der Waals surface area (Å²) in [5, 5.41) is 3.99. The number of hydrogen-bond acceptors (Lipinski definition) is 5. The molecule has 1 aromatic carbocycles. The highest BCUT2D eigenvalue weighted by atomic mass is 35.5. The van der Waals surface area contributed by atoms with Crippen LogP contribution < -0.4 is 10.2 Å². The Balaban J connectivity index is 1.51. The van der Waals surface area contributed by atoms with Gasteiger partial charge in [0.25, 0.3) is 0 Å². The fraction of sp³-hybridized carbons (Fsp3) is 0.364. The zero-order valence-electron chi connectivity index (χ0n) is 18.0. The van der Waals surface area contributed by atoms with E-state index in [2.05, 4.69) is 34.1 Å². The minimum absolute atomic E-state index is 0.0434. The molecule has 2 amide bonds. The maximum absolute atomic E-state index is 12.7. The van der Waals surface area contributed by atoms with Gasteiger partial charge >= 0.3 is 6.03 Å². The van der Waals surface area contributed by atoms with E-state index in [0.717, 1.165) is 11.4 Å². The summed E-state index contributed by atoms with van der Waals surface area (Å²) in [6.45, 7) is 6.91. The SMILES string of the molecule is CC(Nc1nccc(N2C(=O)N(C)C[C@@H]2C(C)C)n1)c1cn(-c2ccc(Cl)cc2)cn1. The molecule has 4 rings (SSSR count). The number of benzene rings is 1. The summed E-state index contributed by atoms with van der Waals surface area (Å²) in [6.07, 6.45) is 5.39. The van der Waals surface area contributed by atoms with Gasteiger partial charge in [0.05, 0.1) is 24.1 Å². The van der Waals surface area contributed by atoms with Crippen LogP contribution in [-0.4, -0.2) is 50.1 Å². The van der Waals surface area contributed by atoms with Gasteiger partial charge in [-0.15, -0.1) is 0 Å². The minimum Gasteiger partial charge on any atom is -0.346 e. The topological polar surface area (TPSA) is 79.2 Å². The van der Waals surface area contributed by atoms with Gasteiger partial charge in [0.15, 0.2) is 0 Å². The van der Waals surface area contributed by atoms with E-state index in [1.165, 1.54) is 0 Å². The number of nitrogens with one attached hydrogen (secondary N) is 1. The number of carbonyl (C=O) groups is 1. The molecular formula is C22H26ClN7O. The Morgan fingerprint density at radius 2 is 1.87 bits per heavy atom. The number of anilines is 2. The van der Waals surface area contributed by atoms with Gasteiger partial charge in [0, 0.05) is 36.7 Å². The second-order valence-corrected chi connectivity index (χ2v) is 8.57. The third-order valence-electron chi connectivity index (χ3n) is 5.50. The van der Waals surface area contributed by atoms with Gasteiger partial charge in [-0.25, -0.2) is 14.8 Å². The molecule has 3 heterocycles. The lowest BCUT2D eigenvalue weighted by atomic mass is 10.0. The van der Waals surface area contributed by atoms with E-state index in [4.69, 9.17) is 11.6 Å². The summed E-state index contributed by atoms with van der Waals surface area (Å²) in [5.41, 5.74) is 1.82. The normalized spacial score (nSPS) is 17.5. The van der Waals surface area contributed by atoms with Crippen molar-refractivity contribution in [3.05, 3.63) is 59.8 Å². The molecule has 3 aromatic rings. The predicted octanol–water partition coefficient (Wildman–Crippen LogP) is 4.39. The summed E-state index contributed by atoms with van der Waals surface area (Å²) < 4.78 is 1.94. The fourth-order valence-corrected chi connectivity index (χ4v) is 3.81. The van der Waals surface area contributed by atoms with E-state index in [1.807, 2.05) is 49.0 Å². The molecule has 0 aliphatic carbocycles. The molecule has 8 nitrogen and oxygen atoms in total. The van der Waals surface area contributed by atoms with Crippen LogP contribution in [0.5, 0.6) is 0 Å². The van der Waals surface area contributed by atoms with Gasteiger partial charge < -0.3 is 14.8 Å². The Hall–Kier alpha value is -3.13. The molecule has 1 aliphatic rings. The quantitative estimate of drug-likeness (QED) is 0.616. The largest absolute Gasteiger partial charge is 0.346 e. The number of imidazole rings is 1. The van der Waals surface area contributed by atoms with Crippen LogP contribution in [0, 0.1) is 5.92 Å². The molecule has 1 N–H and O–H groups in total. The van der Waals surface area contributed by atoms with E-state index >= 15 is 0 Å². The van der Waals surface area contributed by atoms with Crippen LogP contribution in [0.1, 0.15) is 32.5 Å². The highest BCUT2D eigenvalue weighted by Gasteiger charge is 2.38. The van der Waals surface area contributed by atoms with Crippen LogP contribution >= 0.6 is 11.6 Å². The number of halogens is 1. The summed E-state index contributed by atoms with van der Waals surface area (Å²) in [6, 6.07) is 9.25. The van der Waals surface area contributed by atoms with Gasteiger partial charge in [0.2, 0.25) is 5.95 Å². The Morgan fingerprint density at radius 3 is 2.58 bits per heavy atom. The van der Waals surface area contributed by atoms with Crippen LogP contribution in [-0.2, 0) is 0 Å². The molecule has 2 aromatic heterocycles. The molecular weight excluding hydrogens is 414 g/mol. The average Bonchev–Trinajstić information content (AvgIpc) is 3.34. The molecule has 0 bridgehead atoms. The Bertz CT molecular complexity index is 1070. The van der Waals surface area contributed by atoms with Gasteiger partial charge in [-0.05, 0) is 43.2 Å². The van der Waals surface area contributed by atoms with Crippen molar-refractivity contribution < 1.29 is 4.79 Å². The standard InChI is InChI=1S/C22H26ClN7O/c1-14(2)19-12-28(4)22(31)30(19)20-9-10-24-21(27-20)26-15(3)18-11-29(13-25-18)17-7-5-16(23)6-8-17/h5-11,13-15,19H,12H2,1-4H3,(H,24,26,27)/t15?,19-/m1/s1. The van der Waals surface area contributed by atoms with Crippen LogP contribution in [0.4, 0.5) is 16.6 Å². The first-order valence-electron chi connectivity index (χ1n) is 10.3. The number of rotatable bonds is 6. The highest BCUT2D eigenvalue weighted by molar-refractivity contribution is 6.30. The van der Waals surface area contributed by atoms with E-state index in [9.17, 15) is 4.79 Å². The van der Waals surface area contributed by atoms with Gasteiger partial charge in [-0.3, -0.25) is 4.90 Å². The second kappa shape index (κ2) is 8.55. The minimum atomic E-state index is -0.123. The molecule has 0 saturated carbocycles. The van der Waals surface area contributed by atoms with Gasteiger partial charge in [-0.2, -0.15) is 4.98 Å². The lowest BCUT2D eigenvalue weighted by Gasteiger charge is -2.25. The smallest absolute Gasteiger partial charge is 0.325 e. The molecule has 0 spiro atoms. The van der Waals surface area contributed by atoms with Crippen LogP contribution in [0.2, 0.25) is 5.02 Å². The van der Waals surface area contributed by atoms with E-state index in [-0.39, 0.29) is 18.1 Å². The van der Waals surface area contributed by atoms with Crippen LogP contribution in [0.3, 0.4) is 0 Å². The number of hydrogen-bond donors (Lipinski definition) is 1. The van der Waals surface area contributed by atoms with Gasteiger partial charge in [0.1, 0.15) is 5.82 Å². The molecule has 0 radical (unpaired) electrons. The highest BCUT2D eigenvalue weighted by Crippen LogP contribution is 2.27. The monoisotopic (exact) mass is 439 g/mol. The first kappa shape index (κ1) is 21.1. The second-order valence-electron chi connectivity index (χ2n) is 8.13. The van der Waals surface area contributed by atoms with Crippen molar-refractivity contribution in [1.29, 1.82) is 0 Å².